The van der Waals surface area contributed by atoms with Crippen LogP contribution in [0.25, 0.3) is 0 Å². The third-order valence-corrected chi connectivity index (χ3v) is 3.67. The number of hydrogen-bond acceptors (Lipinski definition) is 3. The minimum absolute atomic E-state index is 0.174. The molecule has 0 spiro atoms. The molecule has 2 aliphatic rings. The SMILES string of the molecule is C#CCN(CC1CC1)C(=O)N1CCNC(=O)C1CC(=O)O. The van der Waals surface area contributed by atoms with Crippen LogP contribution in [0, 0.1) is 18.3 Å². The average molecular weight is 293 g/mol. The van der Waals surface area contributed by atoms with Crippen molar-refractivity contribution in [3.05, 3.63) is 0 Å². The number of piperazine rings is 1. The van der Waals surface area contributed by atoms with Crippen LogP contribution in [0.1, 0.15) is 19.3 Å². The number of hydrogen-bond donors (Lipinski definition) is 2. The van der Waals surface area contributed by atoms with Gasteiger partial charge in [0.15, 0.2) is 0 Å². The van der Waals surface area contributed by atoms with Gasteiger partial charge in [-0.25, -0.2) is 4.79 Å². The number of rotatable bonds is 5. The molecule has 1 unspecified atom stereocenters. The predicted molar refractivity (Wildman–Crippen MR) is 74.3 cm³/mol. The minimum Gasteiger partial charge on any atom is -0.481 e. The minimum atomic E-state index is -1.11. The zero-order valence-electron chi connectivity index (χ0n) is 11.7. The summed E-state index contributed by atoms with van der Waals surface area (Å²) in [7, 11) is 0. The van der Waals surface area contributed by atoms with Crippen LogP contribution in [-0.2, 0) is 9.59 Å². The molecule has 114 valence electrons. The van der Waals surface area contributed by atoms with Crippen molar-refractivity contribution in [1.82, 2.24) is 15.1 Å². The molecule has 7 heteroatoms. The van der Waals surface area contributed by atoms with Gasteiger partial charge in [0.1, 0.15) is 6.04 Å². The molecular weight excluding hydrogens is 274 g/mol. The van der Waals surface area contributed by atoms with Gasteiger partial charge >= 0.3 is 12.0 Å². The number of carboxylic acid groups (broad SMARTS) is 1. The Kier molecular flexibility index (Phi) is 4.68. The molecule has 3 amide bonds. The molecule has 1 atom stereocenters. The molecule has 21 heavy (non-hydrogen) atoms. The fourth-order valence-electron chi connectivity index (χ4n) is 2.43. The number of urea groups is 1. The van der Waals surface area contributed by atoms with Crippen molar-refractivity contribution >= 4 is 17.9 Å². The van der Waals surface area contributed by atoms with Gasteiger partial charge in [0, 0.05) is 19.6 Å². The van der Waals surface area contributed by atoms with E-state index >= 15 is 0 Å². The van der Waals surface area contributed by atoms with E-state index in [4.69, 9.17) is 11.5 Å². The van der Waals surface area contributed by atoms with E-state index < -0.39 is 24.3 Å². The summed E-state index contributed by atoms with van der Waals surface area (Å²) >= 11 is 0. The summed E-state index contributed by atoms with van der Waals surface area (Å²) < 4.78 is 0. The summed E-state index contributed by atoms with van der Waals surface area (Å²) in [5.41, 5.74) is 0. The molecule has 0 aromatic rings. The molecule has 1 aliphatic heterocycles. The topological polar surface area (TPSA) is 90.0 Å². The van der Waals surface area contributed by atoms with Crippen LogP contribution < -0.4 is 5.32 Å². The maximum Gasteiger partial charge on any atom is 0.321 e. The first kappa shape index (κ1) is 15.2. The Balaban J connectivity index is 2.10. The van der Waals surface area contributed by atoms with Crippen LogP contribution in [0.3, 0.4) is 0 Å². The summed E-state index contributed by atoms with van der Waals surface area (Å²) in [6.07, 6.45) is 7.06. The Bertz CT molecular complexity index is 481. The van der Waals surface area contributed by atoms with Gasteiger partial charge in [-0.15, -0.1) is 6.42 Å². The lowest BCUT2D eigenvalue weighted by Crippen LogP contribution is -2.60. The molecule has 0 bridgehead atoms. The number of nitrogens with zero attached hydrogens (tertiary/aromatic N) is 2. The number of aliphatic carboxylic acids is 1. The summed E-state index contributed by atoms with van der Waals surface area (Å²) in [5, 5.41) is 11.5. The van der Waals surface area contributed by atoms with E-state index in [1.54, 1.807) is 0 Å². The van der Waals surface area contributed by atoms with Crippen molar-refractivity contribution in [2.75, 3.05) is 26.2 Å². The highest BCUT2D eigenvalue weighted by Gasteiger charge is 2.37. The van der Waals surface area contributed by atoms with E-state index in [2.05, 4.69) is 11.2 Å². The highest BCUT2D eigenvalue weighted by molar-refractivity contribution is 5.91. The molecule has 2 N–H and O–H groups in total. The number of amides is 3. The van der Waals surface area contributed by atoms with E-state index in [9.17, 15) is 14.4 Å². The van der Waals surface area contributed by atoms with Gasteiger partial charge < -0.3 is 20.2 Å². The normalized spacial score (nSPS) is 21.4. The van der Waals surface area contributed by atoms with E-state index in [-0.39, 0.29) is 12.6 Å². The maximum atomic E-state index is 12.6. The lowest BCUT2D eigenvalue weighted by Gasteiger charge is -2.37. The van der Waals surface area contributed by atoms with Crippen LogP contribution in [0.2, 0.25) is 0 Å². The quantitative estimate of drug-likeness (QED) is 0.683. The Hall–Kier alpha value is -2.23. The van der Waals surface area contributed by atoms with Gasteiger partial charge in [-0.1, -0.05) is 5.92 Å². The summed E-state index contributed by atoms with van der Waals surface area (Å²) in [6, 6.07) is -1.32. The Morgan fingerprint density at radius 2 is 2.19 bits per heavy atom. The molecule has 1 saturated carbocycles. The first-order valence-electron chi connectivity index (χ1n) is 7.01. The smallest absolute Gasteiger partial charge is 0.321 e. The van der Waals surface area contributed by atoms with Gasteiger partial charge in [0.25, 0.3) is 0 Å². The molecule has 0 aromatic carbocycles. The molecule has 2 fully saturated rings. The zero-order valence-corrected chi connectivity index (χ0v) is 11.7. The third-order valence-electron chi connectivity index (χ3n) is 3.67. The van der Waals surface area contributed by atoms with Crippen LogP contribution in [0.5, 0.6) is 0 Å². The second-order valence-electron chi connectivity index (χ2n) is 5.41. The van der Waals surface area contributed by atoms with Crippen LogP contribution in [0.4, 0.5) is 4.79 Å². The highest BCUT2D eigenvalue weighted by atomic mass is 16.4. The van der Waals surface area contributed by atoms with Crippen molar-refractivity contribution in [2.45, 2.75) is 25.3 Å². The Morgan fingerprint density at radius 1 is 1.48 bits per heavy atom. The second kappa shape index (κ2) is 6.48. The zero-order chi connectivity index (χ0) is 15.4. The van der Waals surface area contributed by atoms with E-state index in [0.29, 0.717) is 25.6 Å². The molecule has 2 rings (SSSR count). The van der Waals surface area contributed by atoms with Gasteiger partial charge in [0.05, 0.1) is 13.0 Å². The molecule has 1 aliphatic carbocycles. The first-order valence-corrected chi connectivity index (χ1v) is 7.01. The molecule has 0 aromatic heterocycles. The summed E-state index contributed by atoms with van der Waals surface area (Å²) in [4.78, 5) is 38.2. The fraction of sp³-hybridized carbons (Fsp3) is 0.643. The number of nitrogens with one attached hydrogen (secondary N) is 1. The standard InChI is InChI=1S/C14H19N3O4/c1-2-6-16(9-10-3-4-10)14(21)17-7-5-15-13(20)11(17)8-12(18)19/h1,10-11H,3-9H2,(H,15,20)(H,18,19). The van der Waals surface area contributed by atoms with Crippen molar-refractivity contribution in [3.63, 3.8) is 0 Å². The van der Waals surface area contributed by atoms with Crippen LogP contribution >= 0.6 is 0 Å². The third kappa shape index (κ3) is 3.88. The number of carbonyl (C=O) groups excluding carboxylic acids is 2. The van der Waals surface area contributed by atoms with E-state index in [1.807, 2.05) is 0 Å². The molecular formula is C14H19N3O4. The van der Waals surface area contributed by atoms with Crippen LogP contribution in [-0.4, -0.2) is 65.0 Å². The molecule has 1 heterocycles. The van der Waals surface area contributed by atoms with Crippen molar-refractivity contribution < 1.29 is 19.5 Å². The van der Waals surface area contributed by atoms with Crippen molar-refractivity contribution in [1.29, 1.82) is 0 Å². The number of terminal acetylenes is 1. The Morgan fingerprint density at radius 3 is 2.76 bits per heavy atom. The van der Waals surface area contributed by atoms with E-state index in [0.717, 1.165) is 12.8 Å². The van der Waals surface area contributed by atoms with Crippen molar-refractivity contribution in [2.24, 2.45) is 5.92 Å². The highest BCUT2D eigenvalue weighted by Crippen LogP contribution is 2.30. The maximum absolute atomic E-state index is 12.6. The van der Waals surface area contributed by atoms with Gasteiger partial charge in [0.2, 0.25) is 5.91 Å². The lowest BCUT2D eigenvalue weighted by molar-refractivity contribution is -0.142. The molecule has 7 nitrogen and oxygen atoms in total. The number of carbonyl (C=O) groups is 3. The molecule has 1 saturated heterocycles. The summed E-state index contributed by atoms with van der Waals surface area (Å²) in [6.45, 7) is 1.37. The van der Waals surface area contributed by atoms with Gasteiger partial charge in [-0.05, 0) is 18.8 Å². The van der Waals surface area contributed by atoms with E-state index in [1.165, 1.54) is 9.80 Å². The summed E-state index contributed by atoms with van der Waals surface area (Å²) in [5.74, 6) is 1.38. The first-order chi connectivity index (χ1) is 10.0. The van der Waals surface area contributed by atoms with Crippen molar-refractivity contribution in [3.8, 4) is 12.3 Å². The number of carboxylic acids is 1. The van der Waals surface area contributed by atoms with Crippen LogP contribution in [0.15, 0.2) is 0 Å². The van der Waals surface area contributed by atoms with Gasteiger partial charge in [-0.3, -0.25) is 9.59 Å². The second-order valence-corrected chi connectivity index (χ2v) is 5.41. The average Bonchev–Trinajstić information content (AvgIpc) is 3.23. The monoisotopic (exact) mass is 293 g/mol. The fourth-order valence-corrected chi connectivity index (χ4v) is 2.43. The lowest BCUT2D eigenvalue weighted by atomic mass is 10.1. The molecule has 0 radical (unpaired) electrons. The Labute approximate surface area is 123 Å². The van der Waals surface area contributed by atoms with Gasteiger partial charge in [-0.2, -0.15) is 0 Å². The predicted octanol–water partition coefficient (Wildman–Crippen LogP) is -0.273. The largest absolute Gasteiger partial charge is 0.481 e.